The van der Waals surface area contributed by atoms with Gasteiger partial charge in [0.05, 0.1) is 0 Å². The van der Waals surface area contributed by atoms with Gasteiger partial charge in [0.2, 0.25) is 0 Å². The fourth-order valence-electron chi connectivity index (χ4n) is 2.23. The van der Waals surface area contributed by atoms with E-state index in [-0.39, 0.29) is 0 Å². The molecule has 1 nitrogen and oxygen atoms in total. The molecule has 20 heavy (non-hydrogen) atoms. The Bertz CT molecular complexity index is 716. The van der Waals surface area contributed by atoms with Crippen LogP contribution in [0.15, 0.2) is 63.7 Å². The highest BCUT2D eigenvalue weighted by atomic mass is 32.2. The summed E-state index contributed by atoms with van der Waals surface area (Å²) in [5.41, 5.74) is 1.39. The molecule has 0 radical (unpaired) electrons. The highest BCUT2D eigenvalue weighted by molar-refractivity contribution is 7.99. The fourth-order valence-corrected chi connectivity index (χ4v) is 4.39. The van der Waals surface area contributed by atoms with Crippen molar-refractivity contribution >= 4 is 33.2 Å². The number of thiophene rings is 1. The second-order valence-corrected chi connectivity index (χ2v) is 7.04. The fraction of sp³-hybridized carbons (Fsp3) is 0.176. The molecule has 0 atom stereocenters. The van der Waals surface area contributed by atoms with Gasteiger partial charge in [0, 0.05) is 31.8 Å². The summed E-state index contributed by atoms with van der Waals surface area (Å²) in [5, 5.41) is 3.63. The maximum absolute atomic E-state index is 2.27. The van der Waals surface area contributed by atoms with Crippen LogP contribution in [0.3, 0.4) is 0 Å². The van der Waals surface area contributed by atoms with Crippen LogP contribution >= 0.6 is 23.1 Å². The first-order chi connectivity index (χ1) is 9.74. The molecule has 0 N–H and O–H groups in total. The van der Waals surface area contributed by atoms with E-state index in [0.717, 1.165) is 6.54 Å². The molecule has 1 aromatic heterocycles. The minimum atomic E-state index is 0.977. The maximum Gasteiger partial charge on any atom is 0.0354 e. The molecule has 102 valence electrons. The Morgan fingerprint density at radius 1 is 0.950 bits per heavy atom. The molecule has 0 amide bonds. The molecule has 0 spiro atoms. The van der Waals surface area contributed by atoms with E-state index in [0.29, 0.717) is 0 Å². The standard InChI is InChI=1S/C17H17NS2/c1-18(2)11-13-7-3-5-9-15(13)20-17-12-19-16-10-6-4-8-14(16)17/h3-10,12H,11H2,1-2H3. The van der Waals surface area contributed by atoms with E-state index in [2.05, 4.69) is 72.9 Å². The third-order valence-corrected chi connectivity index (χ3v) is 5.41. The van der Waals surface area contributed by atoms with Crippen LogP contribution in [0, 0.1) is 0 Å². The summed E-state index contributed by atoms with van der Waals surface area (Å²) in [7, 11) is 4.23. The van der Waals surface area contributed by atoms with Gasteiger partial charge in [-0.1, -0.05) is 48.2 Å². The number of rotatable bonds is 4. The van der Waals surface area contributed by atoms with Crippen molar-refractivity contribution in [3.63, 3.8) is 0 Å². The van der Waals surface area contributed by atoms with Crippen molar-refractivity contribution in [2.24, 2.45) is 0 Å². The number of hydrogen-bond acceptors (Lipinski definition) is 3. The van der Waals surface area contributed by atoms with Gasteiger partial charge in [-0.2, -0.15) is 0 Å². The lowest BCUT2D eigenvalue weighted by Gasteiger charge is -2.13. The van der Waals surface area contributed by atoms with E-state index >= 15 is 0 Å². The lowest BCUT2D eigenvalue weighted by molar-refractivity contribution is 0.399. The second kappa shape index (κ2) is 6.00. The van der Waals surface area contributed by atoms with Gasteiger partial charge in [-0.05, 0) is 31.8 Å². The highest BCUT2D eigenvalue weighted by Crippen LogP contribution is 2.38. The van der Waals surface area contributed by atoms with E-state index in [9.17, 15) is 0 Å². The van der Waals surface area contributed by atoms with E-state index in [4.69, 9.17) is 0 Å². The van der Waals surface area contributed by atoms with Gasteiger partial charge in [0.1, 0.15) is 0 Å². The Morgan fingerprint density at radius 2 is 1.70 bits per heavy atom. The van der Waals surface area contributed by atoms with Crippen molar-refractivity contribution in [2.75, 3.05) is 14.1 Å². The van der Waals surface area contributed by atoms with Crippen LogP contribution in [-0.2, 0) is 6.54 Å². The third-order valence-electron chi connectivity index (χ3n) is 3.12. The molecule has 2 aromatic carbocycles. The molecule has 0 aliphatic rings. The summed E-state index contributed by atoms with van der Waals surface area (Å²) >= 11 is 3.70. The molecule has 0 fully saturated rings. The first kappa shape index (κ1) is 13.7. The third kappa shape index (κ3) is 2.90. The van der Waals surface area contributed by atoms with Crippen LogP contribution in [0.2, 0.25) is 0 Å². The minimum Gasteiger partial charge on any atom is -0.305 e. The predicted octanol–water partition coefficient (Wildman–Crippen LogP) is 5.11. The van der Waals surface area contributed by atoms with Crippen molar-refractivity contribution in [2.45, 2.75) is 16.3 Å². The quantitative estimate of drug-likeness (QED) is 0.658. The molecule has 0 saturated heterocycles. The topological polar surface area (TPSA) is 3.24 Å². The van der Waals surface area contributed by atoms with E-state index in [1.165, 1.54) is 25.4 Å². The van der Waals surface area contributed by atoms with Crippen molar-refractivity contribution < 1.29 is 0 Å². The van der Waals surface area contributed by atoms with Crippen LogP contribution in [0.5, 0.6) is 0 Å². The minimum absolute atomic E-state index is 0.977. The zero-order valence-electron chi connectivity index (χ0n) is 11.7. The normalized spacial score (nSPS) is 11.3. The van der Waals surface area contributed by atoms with Crippen molar-refractivity contribution in [3.8, 4) is 0 Å². The summed E-state index contributed by atoms with van der Waals surface area (Å²) in [6, 6.07) is 17.3. The molecule has 3 heteroatoms. The predicted molar refractivity (Wildman–Crippen MR) is 89.8 cm³/mol. The molecule has 3 rings (SSSR count). The molecule has 0 aliphatic carbocycles. The smallest absolute Gasteiger partial charge is 0.0354 e. The van der Waals surface area contributed by atoms with Crippen LogP contribution < -0.4 is 0 Å². The average molecular weight is 299 g/mol. The van der Waals surface area contributed by atoms with Gasteiger partial charge in [-0.25, -0.2) is 0 Å². The SMILES string of the molecule is CN(C)Cc1ccccc1Sc1csc2ccccc12. The van der Waals surface area contributed by atoms with Gasteiger partial charge in [0.25, 0.3) is 0 Å². The Balaban J connectivity index is 1.95. The van der Waals surface area contributed by atoms with Crippen molar-refractivity contribution in [1.29, 1.82) is 0 Å². The summed E-state index contributed by atoms with van der Waals surface area (Å²) in [6.07, 6.45) is 0. The Morgan fingerprint density at radius 3 is 2.55 bits per heavy atom. The number of hydrogen-bond donors (Lipinski definition) is 0. The molecular formula is C17H17NS2. The molecule has 0 aliphatic heterocycles. The summed E-state index contributed by atoms with van der Waals surface area (Å²) in [5.74, 6) is 0. The molecule has 0 saturated carbocycles. The summed E-state index contributed by atoms with van der Waals surface area (Å²) < 4.78 is 1.36. The largest absolute Gasteiger partial charge is 0.305 e. The van der Waals surface area contributed by atoms with Crippen molar-refractivity contribution in [1.82, 2.24) is 4.90 Å². The van der Waals surface area contributed by atoms with E-state index < -0.39 is 0 Å². The van der Waals surface area contributed by atoms with E-state index in [1.807, 2.05) is 23.1 Å². The van der Waals surface area contributed by atoms with Crippen LogP contribution in [0.1, 0.15) is 5.56 Å². The molecule has 0 bridgehead atoms. The van der Waals surface area contributed by atoms with Gasteiger partial charge in [0.15, 0.2) is 0 Å². The number of nitrogens with zero attached hydrogens (tertiary/aromatic N) is 1. The van der Waals surface area contributed by atoms with Crippen LogP contribution in [-0.4, -0.2) is 19.0 Å². The van der Waals surface area contributed by atoms with E-state index in [1.54, 1.807) is 0 Å². The van der Waals surface area contributed by atoms with Gasteiger partial charge in [-0.15, -0.1) is 11.3 Å². The van der Waals surface area contributed by atoms with Crippen molar-refractivity contribution in [3.05, 3.63) is 59.5 Å². The first-order valence-electron chi connectivity index (χ1n) is 6.61. The number of fused-ring (bicyclic) bond motifs is 1. The zero-order valence-corrected chi connectivity index (χ0v) is 13.3. The first-order valence-corrected chi connectivity index (χ1v) is 8.30. The zero-order chi connectivity index (χ0) is 13.9. The highest BCUT2D eigenvalue weighted by Gasteiger charge is 2.08. The van der Waals surface area contributed by atoms with Crippen LogP contribution in [0.25, 0.3) is 10.1 Å². The monoisotopic (exact) mass is 299 g/mol. The van der Waals surface area contributed by atoms with Gasteiger partial charge < -0.3 is 4.90 Å². The Hall–Kier alpha value is -1.29. The van der Waals surface area contributed by atoms with Crippen LogP contribution in [0.4, 0.5) is 0 Å². The summed E-state index contributed by atoms with van der Waals surface area (Å²) in [4.78, 5) is 4.92. The van der Waals surface area contributed by atoms with Gasteiger partial charge >= 0.3 is 0 Å². The Kier molecular flexibility index (Phi) is 4.10. The van der Waals surface area contributed by atoms with Gasteiger partial charge in [-0.3, -0.25) is 0 Å². The summed E-state index contributed by atoms with van der Waals surface area (Å²) in [6.45, 7) is 0.977. The second-order valence-electron chi connectivity index (χ2n) is 5.04. The Labute approximate surface area is 128 Å². The maximum atomic E-state index is 2.27. The molecule has 1 heterocycles. The lowest BCUT2D eigenvalue weighted by Crippen LogP contribution is -2.11. The molecule has 3 aromatic rings. The number of benzene rings is 2. The molecule has 0 unspecified atom stereocenters. The average Bonchev–Trinajstić information content (AvgIpc) is 2.84. The molecular weight excluding hydrogens is 282 g/mol. The lowest BCUT2D eigenvalue weighted by atomic mass is 10.2.